The SMILES string of the molecule is CC(C)(C)c1cc2[nH]c3cc(C(C)(C)C)c4oc5c(C(C)(C)C)cc6[nH]c7cc(C(C)(C)C)c8oc1c1c2c3c4c5c6c7c81. The summed E-state index contributed by atoms with van der Waals surface area (Å²) >= 11 is 0. The van der Waals surface area contributed by atoms with E-state index >= 15 is 0 Å². The van der Waals surface area contributed by atoms with E-state index in [2.05, 4.69) is 117 Å². The van der Waals surface area contributed by atoms with E-state index in [9.17, 15) is 0 Å². The molecule has 4 heterocycles. The van der Waals surface area contributed by atoms with Gasteiger partial charge in [0.05, 0.1) is 0 Å². The van der Waals surface area contributed by atoms with E-state index in [1.54, 1.807) is 0 Å². The summed E-state index contributed by atoms with van der Waals surface area (Å²) in [4.78, 5) is 7.87. The normalized spacial score (nSPS) is 14.8. The number of furan rings is 2. The van der Waals surface area contributed by atoms with Gasteiger partial charge >= 0.3 is 0 Å². The van der Waals surface area contributed by atoms with Crippen molar-refractivity contribution in [3.63, 3.8) is 0 Å². The third kappa shape index (κ3) is 3.00. The summed E-state index contributed by atoms with van der Waals surface area (Å²) in [6.07, 6.45) is 0. The molecule has 224 valence electrons. The molecule has 0 amide bonds. The first-order valence-corrected chi connectivity index (χ1v) is 16.1. The number of H-pyrrole nitrogens is 2. The van der Waals surface area contributed by atoms with Gasteiger partial charge in [-0.25, -0.2) is 0 Å². The van der Waals surface area contributed by atoms with Gasteiger partial charge in [-0.05, 0) is 45.9 Å². The Morgan fingerprint density at radius 2 is 0.545 bits per heavy atom. The third-order valence-electron chi connectivity index (χ3n) is 10.3. The minimum atomic E-state index is -0.107. The maximum absolute atomic E-state index is 7.18. The molecule has 4 aromatic heterocycles. The van der Waals surface area contributed by atoms with Gasteiger partial charge in [0.15, 0.2) is 0 Å². The molecule has 5 aromatic carbocycles. The van der Waals surface area contributed by atoms with Crippen LogP contribution in [0.5, 0.6) is 0 Å². The molecule has 2 N–H and O–H groups in total. The van der Waals surface area contributed by atoms with E-state index in [-0.39, 0.29) is 21.7 Å². The van der Waals surface area contributed by atoms with Crippen molar-refractivity contribution in [1.82, 2.24) is 9.97 Å². The first-order valence-electron chi connectivity index (χ1n) is 16.1. The van der Waals surface area contributed by atoms with E-state index < -0.39 is 0 Å². The number of aromatic amines is 2. The Kier molecular flexibility index (Phi) is 4.40. The van der Waals surface area contributed by atoms with Crippen LogP contribution in [0.25, 0.3) is 87.5 Å². The van der Waals surface area contributed by atoms with Crippen LogP contribution in [0, 0.1) is 0 Å². The fraction of sp³-hybridized carbons (Fsp3) is 0.400. The van der Waals surface area contributed by atoms with E-state index in [0.29, 0.717) is 0 Å². The minimum absolute atomic E-state index is 0.107. The van der Waals surface area contributed by atoms with Crippen molar-refractivity contribution in [2.75, 3.05) is 0 Å². The molecular formula is C40H42N2O2. The predicted octanol–water partition coefficient (Wildman–Crippen LogP) is 12.3. The summed E-state index contributed by atoms with van der Waals surface area (Å²) in [7, 11) is 0. The van der Waals surface area contributed by atoms with Crippen molar-refractivity contribution in [1.29, 1.82) is 0 Å². The molecule has 44 heavy (non-hydrogen) atoms. The topological polar surface area (TPSA) is 57.9 Å². The lowest BCUT2D eigenvalue weighted by Crippen LogP contribution is -2.11. The largest absolute Gasteiger partial charge is 0.455 e. The van der Waals surface area contributed by atoms with Gasteiger partial charge in [-0.3, -0.25) is 0 Å². The van der Waals surface area contributed by atoms with Crippen molar-refractivity contribution in [2.24, 2.45) is 0 Å². The van der Waals surface area contributed by atoms with Crippen LogP contribution in [0.2, 0.25) is 0 Å². The molecule has 0 fully saturated rings. The summed E-state index contributed by atoms with van der Waals surface area (Å²) < 4.78 is 14.4. The molecule has 4 nitrogen and oxygen atoms in total. The zero-order chi connectivity index (χ0) is 31.2. The highest BCUT2D eigenvalue weighted by molar-refractivity contribution is 6.45. The highest BCUT2D eigenvalue weighted by Crippen LogP contribution is 2.56. The Morgan fingerprint density at radius 1 is 0.341 bits per heavy atom. The number of hydrogen-bond acceptors (Lipinski definition) is 2. The molecule has 0 aliphatic heterocycles. The van der Waals surface area contributed by atoms with Crippen molar-refractivity contribution in [2.45, 2.75) is 105 Å². The fourth-order valence-corrected chi connectivity index (χ4v) is 8.19. The molecule has 0 aliphatic carbocycles. The molecule has 0 saturated heterocycles. The lowest BCUT2D eigenvalue weighted by molar-refractivity contribution is 0.557. The van der Waals surface area contributed by atoms with Crippen molar-refractivity contribution in [3.05, 3.63) is 46.5 Å². The Morgan fingerprint density at radius 3 is 0.727 bits per heavy atom. The Labute approximate surface area is 257 Å². The molecule has 9 aromatic rings. The molecule has 0 atom stereocenters. The summed E-state index contributed by atoms with van der Waals surface area (Å²) in [5.41, 5.74) is 13.2. The Hall–Kier alpha value is -3.92. The maximum atomic E-state index is 7.18. The second kappa shape index (κ2) is 7.30. The summed E-state index contributed by atoms with van der Waals surface area (Å²) in [6, 6.07) is 9.42. The van der Waals surface area contributed by atoms with Crippen molar-refractivity contribution < 1.29 is 8.83 Å². The van der Waals surface area contributed by atoms with Crippen molar-refractivity contribution >= 4 is 87.5 Å². The highest BCUT2D eigenvalue weighted by Gasteiger charge is 2.35. The van der Waals surface area contributed by atoms with Gasteiger partial charge in [-0.1, -0.05) is 83.1 Å². The third-order valence-corrected chi connectivity index (χ3v) is 10.3. The lowest BCUT2D eigenvalue weighted by atomic mass is 9.80. The molecule has 0 unspecified atom stereocenters. The number of benzene rings is 4. The van der Waals surface area contributed by atoms with Gasteiger partial charge in [0, 0.05) is 87.4 Å². The summed E-state index contributed by atoms with van der Waals surface area (Å²) in [6.45, 7) is 27.5. The van der Waals surface area contributed by atoms with Crippen molar-refractivity contribution in [3.8, 4) is 0 Å². The smallest absolute Gasteiger partial charge is 0.139 e. The second-order valence-electron chi connectivity index (χ2n) is 17.7. The van der Waals surface area contributed by atoms with Gasteiger partial charge in [-0.15, -0.1) is 0 Å². The first-order chi connectivity index (χ1) is 20.4. The predicted molar refractivity (Wildman–Crippen MR) is 188 cm³/mol. The quantitative estimate of drug-likeness (QED) is 0.187. The van der Waals surface area contributed by atoms with E-state index in [4.69, 9.17) is 8.83 Å². The van der Waals surface area contributed by atoms with Crippen LogP contribution in [0.3, 0.4) is 0 Å². The summed E-state index contributed by atoms with van der Waals surface area (Å²) in [5.74, 6) is 0. The second-order valence-corrected chi connectivity index (χ2v) is 17.7. The monoisotopic (exact) mass is 582 g/mol. The lowest BCUT2D eigenvalue weighted by Gasteiger charge is -2.20. The van der Waals surface area contributed by atoms with Crippen LogP contribution in [0.1, 0.15) is 105 Å². The number of rotatable bonds is 0. The molecule has 0 bridgehead atoms. The van der Waals surface area contributed by atoms with E-state index in [0.717, 1.165) is 22.3 Å². The standard InChI is InChI=1S/C40H42N2O2/c1-37(2,3)17-13-21-25-26-22(41-21)15-19(39(7,8)9)35-31(26)32-28-24(16-20(36(32)44-35)40(10,11)12)42-23-14-18(38(4,5)6)34-30(27(23)28)29(25)33(17)43-34/h13-16,41-42H,1-12H3. The van der Waals surface area contributed by atoms with Gasteiger partial charge in [0.1, 0.15) is 22.3 Å². The van der Waals surface area contributed by atoms with Crippen LogP contribution in [0.15, 0.2) is 33.1 Å². The molecule has 4 heteroatoms. The maximum Gasteiger partial charge on any atom is 0.139 e. The highest BCUT2D eigenvalue weighted by atomic mass is 16.3. The Bertz CT molecular complexity index is 2260. The van der Waals surface area contributed by atoms with Crippen LogP contribution >= 0.6 is 0 Å². The molecular weight excluding hydrogens is 540 g/mol. The Balaban J connectivity index is 1.74. The van der Waals surface area contributed by atoms with Gasteiger partial charge in [0.25, 0.3) is 0 Å². The molecule has 9 rings (SSSR count). The van der Waals surface area contributed by atoms with Crippen LogP contribution in [0.4, 0.5) is 0 Å². The molecule has 0 spiro atoms. The number of hydrogen-bond donors (Lipinski definition) is 2. The number of aromatic nitrogens is 2. The average Bonchev–Trinajstić information content (AvgIpc) is 3.60. The van der Waals surface area contributed by atoms with Crippen LogP contribution in [-0.4, -0.2) is 9.97 Å². The molecule has 0 aliphatic rings. The van der Waals surface area contributed by atoms with Crippen LogP contribution < -0.4 is 0 Å². The number of nitrogens with one attached hydrogen (secondary N) is 2. The van der Waals surface area contributed by atoms with Gasteiger partial charge in [0.2, 0.25) is 0 Å². The van der Waals surface area contributed by atoms with Gasteiger partial charge < -0.3 is 18.8 Å². The van der Waals surface area contributed by atoms with E-state index in [1.165, 1.54) is 87.4 Å². The molecule has 0 saturated carbocycles. The van der Waals surface area contributed by atoms with Gasteiger partial charge in [-0.2, -0.15) is 0 Å². The minimum Gasteiger partial charge on any atom is -0.455 e. The zero-order valence-electron chi connectivity index (χ0n) is 28.1. The molecule has 0 radical (unpaired) electrons. The summed E-state index contributed by atoms with van der Waals surface area (Å²) in [5, 5.41) is 9.94. The van der Waals surface area contributed by atoms with E-state index in [1.807, 2.05) is 0 Å². The first kappa shape index (κ1) is 26.5. The van der Waals surface area contributed by atoms with Crippen LogP contribution in [-0.2, 0) is 21.7 Å². The average molecular weight is 583 g/mol. The zero-order valence-corrected chi connectivity index (χ0v) is 28.1. The fourth-order valence-electron chi connectivity index (χ4n) is 8.19.